The first-order chi connectivity index (χ1) is 11.6. The van der Waals surface area contributed by atoms with Gasteiger partial charge in [-0.15, -0.1) is 0 Å². The van der Waals surface area contributed by atoms with Gasteiger partial charge >= 0.3 is 0 Å². The van der Waals surface area contributed by atoms with Crippen molar-refractivity contribution in [1.29, 1.82) is 0 Å². The summed E-state index contributed by atoms with van der Waals surface area (Å²) in [6, 6.07) is 11.8. The minimum absolute atomic E-state index is 0.0472. The van der Waals surface area contributed by atoms with Gasteiger partial charge in [0.15, 0.2) is 0 Å². The second kappa shape index (κ2) is 5.41. The lowest BCUT2D eigenvalue weighted by Gasteiger charge is -2.25. The molecule has 0 amide bonds. The van der Waals surface area contributed by atoms with Gasteiger partial charge in [0.1, 0.15) is 11.5 Å². The molecule has 0 radical (unpaired) electrons. The molecule has 1 aromatic heterocycles. The minimum Gasteiger partial charge on any atom is -0.497 e. The van der Waals surface area contributed by atoms with Crippen LogP contribution in [0.3, 0.4) is 0 Å². The largest absolute Gasteiger partial charge is 0.497 e. The molecule has 122 valence electrons. The Morgan fingerprint density at radius 1 is 0.958 bits per heavy atom. The molecule has 1 aliphatic heterocycles. The van der Waals surface area contributed by atoms with Gasteiger partial charge in [0.2, 0.25) is 0 Å². The SMILES string of the molecule is COc1ccc2c(c1)CCn1c-2c(C)c2ccc(OC)cc2c1=O. The number of methoxy groups -OCH3 is 2. The molecular formula is C20H19NO3. The Labute approximate surface area is 140 Å². The number of aryl methyl sites for hydroxylation is 2. The fourth-order valence-corrected chi connectivity index (χ4v) is 3.66. The van der Waals surface area contributed by atoms with Crippen LogP contribution in [-0.4, -0.2) is 18.8 Å². The van der Waals surface area contributed by atoms with Crippen molar-refractivity contribution in [3.63, 3.8) is 0 Å². The van der Waals surface area contributed by atoms with E-state index in [9.17, 15) is 4.79 Å². The van der Waals surface area contributed by atoms with Gasteiger partial charge in [-0.25, -0.2) is 0 Å². The zero-order chi connectivity index (χ0) is 16.8. The average molecular weight is 321 g/mol. The zero-order valence-corrected chi connectivity index (χ0v) is 14.1. The van der Waals surface area contributed by atoms with Crippen LogP contribution in [-0.2, 0) is 13.0 Å². The van der Waals surface area contributed by atoms with Crippen LogP contribution < -0.4 is 15.0 Å². The van der Waals surface area contributed by atoms with Gasteiger partial charge in [-0.3, -0.25) is 4.79 Å². The fraction of sp³-hybridized carbons (Fsp3) is 0.250. The Balaban J connectivity index is 2.06. The number of aromatic nitrogens is 1. The molecule has 0 atom stereocenters. The third-order valence-corrected chi connectivity index (χ3v) is 4.90. The summed E-state index contributed by atoms with van der Waals surface area (Å²) in [5.41, 5.74) is 4.53. The van der Waals surface area contributed by atoms with Gasteiger partial charge in [0.25, 0.3) is 5.56 Å². The summed E-state index contributed by atoms with van der Waals surface area (Å²) in [5, 5.41) is 1.70. The van der Waals surface area contributed by atoms with Gasteiger partial charge in [-0.05, 0) is 60.2 Å². The van der Waals surface area contributed by atoms with Crippen LogP contribution in [0.25, 0.3) is 22.0 Å². The van der Waals surface area contributed by atoms with Crippen LogP contribution in [0.5, 0.6) is 11.5 Å². The van der Waals surface area contributed by atoms with E-state index >= 15 is 0 Å². The van der Waals surface area contributed by atoms with E-state index < -0.39 is 0 Å². The molecule has 0 N–H and O–H groups in total. The first-order valence-corrected chi connectivity index (χ1v) is 8.02. The van der Waals surface area contributed by atoms with Gasteiger partial charge < -0.3 is 14.0 Å². The molecule has 24 heavy (non-hydrogen) atoms. The Kier molecular flexibility index (Phi) is 3.34. The Morgan fingerprint density at radius 3 is 2.42 bits per heavy atom. The third kappa shape index (κ3) is 2.03. The molecule has 4 nitrogen and oxygen atoms in total. The molecule has 0 bridgehead atoms. The van der Waals surface area contributed by atoms with E-state index in [0.717, 1.165) is 34.4 Å². The number of benzene rings is 2. The molecule has 0 aliphatic carbocycles. The van der Waals surface area contributed by atoms with Crippen molar-refractivity contribution in [2.45, 2.75) is 19.9 Å². The highest BCUT2D eigenvalue weighted by molar-refractivity contribution is 5.91. The van der Waals surface area contributed by atoms with Gasteiger partial charge in [-0.2, -0.15) is 0 Å². The Bertz CT molecular complexity index is 1020. The Morgan fingerprint density at radius 2 is 1.67 bits per heavy atom. The van der Waals surface area contributed by atoms with Crippen molar-refractivity contribution < 1.29 is 9.47 Å². The number of hydrogen-bond donors (Lipinski definition) is 0. The fourth-order valence-electron chi connectivity index (χ4n) is 3.66. The number of hydrogen-bond acceptors (Lipinski definition) is 3. The average Bonchev–Trinajstić information content (AvgIpc) is 2.64. The molecule has 2 heterocycles. The van der Waals surface area contributed by atoms with Crippen LogP contribution in [0.4, 0.5) is 0 Å². The summed E-state index contributed by atoms with van der Waals surface area (Å²) in [6.45, 7) is 2.77. The molecule has 0 saturated carbocycles. The maximum atomic E-state index is 13.0. The van der Waals surface area contributed by atoms with Gasteiger partial charge in [0, 0.05) is 12.1 Å². The molecule has 0 fully saturated rings. The third-order valence-electron chi connectivity index (χ3n) is 4.90. The summed E-state index contributed by atoms with van der Waals surface area (Å²) in [5.74, 6) is 1.56. The first-order valence-electron chi connectivity index (χ1n) is 8.02. The molecule has 4 rings (SSSR count). The number of ether oxygens (including phenoxy) is 2. The lowest BCUT2D eigenvalue weighted by Crippen LogP contribution is -2.27. The van der Waals surface area contributed by atoms with Crippen LogP contribution in [0.1, 0.15) is 11.1 Å². The van der Waals surface area contributed by atoms with E-state index in [1.54, 1.807) is 14.2 Å². The van der Waals surface area contributed by atoms with Gasteiger partial charge in [0.05, 0.1) is 25.3 Å². The molecule has 2 aromatic carbocycles. The molecular weight excluding hydrogens is 302 g/mol. The number of nitrogens with zero attached hydrogens (tertiary/aromatic N) is 1. The quantitative estimate of drug-likeness (QED) is 0.725. The monoisotopic (exact) mass is 321 g/mol. The van der Waals surface area contributed by atoms with Crippen molar-refractivity contribution in [1.82, 2.24) is 4.57 Å². The summed E-state index contributed by atoms with van der Waals surface area (Å²) >= 11 is 0. The second-order valence-electron chi connectivity index (χ2n) is 6.11. The van der Waals surface area contributed by atoms with Crippen LogP contribution in [0, 0.1) is 6.92 Å². The molecule has 0 spiro atoms. The first kappa shape index (κ1) is 14.8. The van der Waals surface area contributed by atoms with Crippen molar-refractivity contribution in [2.75, 3.05) is 14.2 Å². The minimum atomic E-state index is 0.0472. The van der Waals surface area contributed by atoms with Crippen molar-refractivity contribution in [3.8, 4) is 22.8 Å². The normalized spacial score (nSPS) is 12.6. The highest BCUT2D eigenvalue weighted by Gasteiger charge is 2.22. The zero-order valence-electron chi connectivity index (χ0n) is 14.1. The van der Waals surface area contributed by atoms with Crippen molar-refractivity contribution in [3.05, 3.63) is 57.9 Å². The standard InChI is InChI=1S/C20H19NO3/c1-12-16-6-4-15(24-3)11-18(16)20(22)21-9-8-13-10-14(23-2)5-7-17(13)19(12)21/h4-7,10-11H,8-9H2,1-3H3. The van der Waals surface area contributed by atoms with E-state index in [0.29, 0.717) is 17.7 Å². The molecule has 0 unspecified atom stereocenters. The summed E-state index contributed by atoms with van der Waals surface area (Å²) in [4.78, 5) is 13.0. The second-order valence-corrected chi connectivity index (χ2v) is 6.11. The van der Waals surface area contributed by atoms with E-state index in [1.165, 1.54) is 5.56 Å². The maximum Gasteiger partial charge on any atom is 0.259 e. The van der Waals surface area contributed by atoms with Crippen molar-refractivity contribution in [2.24, 2.45) is 0 Å². The highest BCUT2D eigenvalue weighted by Crippen LogP contribution is 2.36. The topological polar surface area (TPSA) is 40.5 Å². The Hall–Kier alpha value is -2.75. The predicted molar refractivity (Wildman–Crippen MR) is 95.2 cm³/mol. The lowest BCUT2D eigenvalue weighted by atomic mass is 9.92. The van der Waals surface area contributed by atoms with Crippen molar-refractivity contribution >= 4 is 10.8 Å². The maximum absolute atomic E-state index is 13.0. The van der Waals surface area contributed by atoms with Gasteiger partial charge in [-0.1, -0.05) is 6.07 Å². The molecule has 4 heteroatoms. The lowest BCUT2D eigenvalue weighted by molar-refractivity contribution is 0.414. The van der Waals surface area contributed by atoms with E-state index in [4.69, 9.17) is 9.47 Å². The molecule has 1 aliphatic rings. The smallest absolute Gasteiger partial charge is 0.259 e. The van der Waals surface area contributed by atoms with E-state index in [1.807, 2.05) is 28.8 Å². The van der Waals surface area contributed by atoms with Crippen LogP contribution in [0.2, 0.25) is 0 Å². The number of pyridine rings is 1. The summed E-state index contributed by atoms with van der Waals surface area (Å²) in [7, 11) is 3.29. The number of fused-ring (bicyclic) bond motifs is 4. The summed E-state index contributed by atoms with van der Waals surface area (Å²) < 4.78 is 12.5. The molecule has 3 aromatic rings. The predicted octanol–water partition coefficient (Wildman–Crippen LogP) is 3.55. The van der Waals surface area contributed by atoms with E-state index in [2.05, 4.69) is 19.1 Å². The summed E-state index contributed by atoms with van der Waals surface area (Å²) in [6.07, 6.45) is 0.828. The highest BCUT2D eigenvalue weighted by atomic mass is 16.5. The van der Waals surface area contributed by atoms with Crippen LogP contribution in [0.15, 0.2) is 41.2 Å². The molecule has 0 saturated heterocycles. The van der Waals surface area contributed by atoms with E-state index in [-0.39, 0.29) is 5.56 Å². The van der Waals surface area contributed by atoms with Crippen LogP contribution >= 0.6 is 0 Å². The number of rotatable bonds is 2.